The summed E-state index contributed by atoms with van der Waals surface area (Å²) in [5, 5.41) is 9.10. The Morgan fingerprint density at radius 2 is 1.86 bits per heavy atom. The van der Waals surface area contributed by atoms with Crippen LogP contribution in [-0.2, 0) is 16.6 Å². The van der Waals surface area contributed by atoms with Crippen molar-refractivity contribution in [3.05, 3.63) is 59.7 Å². The number of benzene rings is 2. The molecule has 0 amide bonds. The smallest absolute Gasteiger partial charge is 0.339 e. The predicted octanol–water partition coefficient (Wildman–Crippen LogP) is 1.87. The van der Waals surface area contributed by atoms with Crippen LogP contribution in [0.4, 0.5) is 0 Å². The number of carbonyl (C=O) groups is 1. The minimum Gasteiger partial charge on any atom is -0.496 e. The first-order valence-corrected chi connectivity index (χ1v) is 7.87. The number of nitrogens with one attached hydrogen (secondary N) is 1. The zero-order valence-electron chi connectivity index (χ0n) is 11.8. The van der Waals surface area contributed by atoms with Gasteiger partial charge in [0, 0.05) is 6.54 Å². The Kier molecular flexibility index (Phi) is 4.79. The molecule has 0 aromatic heterocycles. The first-order valence-electron chi connectivity index (χ1n) is 6.39. The van der Waals surface area contributed by atoms with Crippen molar-refractivity contribution in [3.63, 3.8) is 0 Å². The fraction of sp³-hybridized carbons (Fsp3) is 0.133. The lowest BCUT2D eigenvalue weighted by molar-refractivity contribution is 0.0693. The van der Waals surface area contributed by atoms with Gasteiger partial charge in [-0.05, 0) is 23.8 Å². The quantitative estimate of drug-likeness (QED) is 0.847. The standard InChI is InChI=1S/C15H15NO5S/c1-21-14-8-7-12(9-13(14)15(17)18)22(19,20)16-10-11-5-3-2-4-6-11/h2-9,16H,10H2,1H3,(H,17,18). The SMILES string of the molecule is COc1ccc(S(=O)(=O)NCc2ccccc2)cc1C(=O)O. The van der Waals surface area contributed by atoms with Gasteiger partial charge in [0.15, 0.2) is 0 Å². The molecule has 0 saturated heterocycles. The second kappa shape index (κ2) is 6.59. The molecular weight excluding hydrogens is 306 g/mol. The lowest BCUT2D eigenvalue weighted by atomic mass is 10.2. The van der Waals surface area contributed by atoms with Gasteiger partial charge < -0.3 is 9.84 Å². The summed E-state index contributed by atoms with van der Waals surface area (Å²) in [6, 6.07) is 12.7. The Bertz CT molecular complexity index is 772. The molecule has 0 aliphatic rings. The van der Waals surface area contributed by atoms with Crippen molar-refractivity contribution >= 4 is 16.0 Å². The average molecular weight is 321 g/mol. The summed E-state index contributed by atoms with van der Waals surface area (Å²) < 4.78 is 31.8. The van der Waals surface area contributed by atoms with Crippen molar-refractivity contribution in [3.8, 4) is 5.75 Å². The molecular formula is C15H15NO5S. The second-order valence-corrected chi connectivity index (χ2v) is 6.24. The predicted molar refractivity (Wildman–Crippen MR) is 80.4 cm³/mol. The first kappa shape index (κ1) is 16.0. The number of aromatic carboxylic acids is 1. The highest BCUT2D eigenvalue weighted by atomic mass is 32.2. The zero-order valence-corrected chi connectivity index (χ0v) is 12.6. The summed E-state index contributed by atoms with van der Waals surface area (Å²) in [4.78, 5) is 11.0. The number of carboxylic acid groups (broad SMARTS) is 1. The van der Waals surface area contributed by atoms with Crippen LogP contribution in [0.15, 0.2) is 53.4 Å². The summed E-state index contributed by atoms with van der Waals surface area (Å²) in [6.07, 6.45) is 0. The van der Waals surface area contributed by atoms with E-state index in [-0.39, 0.29) is 22.8 Å². The number of hydrogen-bond acceptors (Lipinski definition) is 4. The van der Waals surface area contributed by atoms with Gasteiger partial charge >= 0.3 is 5.97 Å². The maximum absolute atomic E-state index is 12.2. The summed E-state index contributed by atoms with van der Waals surface area (Å²) in [5.74, 6) is -1.15. The van der Waals surface area contributed by atoms with Crippen molar-refractivity contribution in [1.82, 2.24) is 4.72 Å². The third-order valence-corrected chi connectivity index (χ3v) is 4.42. The van der Waals surface area contributed by atoms with Gasteiger partial charge in [-0.2, -0.15) is 0 Å². The van der Waals surface area contributed by atoms with Crippen LogP contribution in [0.1, 0.15) is 15.9 Å². The molecule has 2 N–H and O–H groups in total. The van der Waals surface area contributed by atoms with Gasteiger partial charge in [-0.1, -0.05) is 30.3 Å². The molecule has 6 nitrogen and oxygen atoms in total. The summed E-state index contributed by atoms with van der Waals surface area (Å²) in [5.41, 5.74) is 0.600. The molecule has 0 aliphatic heterocycles. The normalized spacial score (nSPS) is 11.1. The molecule has 0 saturated carbocycles. The molecule has 22 heavy (non-hydrogen) atoms. The van der Waals surface area contributed by atoms with Gasteiger partial charge in [-0.15, -0.1) is 0 Å². The van der Waals surface area contributed by atoms with Crippen LogP contribution in [0.5, 0.6) is 5.75 Å². The van der Waals surface area contributed by atoms with E-state index in [1.54, 1.807) is 24.3 Å². The van der Waals surface area contributed by atoms with Crippen LogP contribution in [-0.4, -0.2) is 26.6 Å². The monoisotopic (exact) mass is 321 g/mol. The zero-order chi connectivity index (χ0) is 16.2. The molecule has 0 atom stereocenters. The van der Waals surface area contributed by atoms with Gasteiger partial charge in [0.2, 0.25) is 10.0 Å². The minimum atomic E-state index is -3.81. The van der Waals surface area contributed by atoms with Crippen molar-refractivity contribution in [2.45, 2.75) is 11.4 Å². The number of ether oxygens (including phenoxy) is 1. The van der Waals surface area contributed by atoms with Crippen LogP contribution in [0.2, 0.25) is 0 Å². The van der Waals surface area contributed by atoms with Crippen molar-refractivity contribution in [1.29, 1.82) is 0 Å². The number of methoxy groups -OCH3 is 1. The molecule has 2 rings (SSSR count). The molecule has 0 unspecified atom stereocenters. The van der Waals surface area contributed by atoms with Crippen molar-refractivity contribution in [2.24, 2.45) is 0 Å². The van der Waals surface area contributed by atoms with Crippen LogP contribution in [0.3, 0.4) is 0 Å². The Morgan fingerprint density at radius 3 is 2.45 bits per heavy atom. The van der Waals surface area contributed by atoms with Crippen LogP contribution in [0.25, 0.3) is 0 Å². The van der Waals surface area contributed by atoms with Gasteiger partial charge in [0.25, 0.3) is 0 Å². The molecule has 0 spiro atoms. The molecule has 116 valence electrons. The average Bonchev–Trinajstić information content (AvgIpc) is 2.53. The lowest BCUT2D eigenvalue weighted by Crippen LogP contribution is -2.23. The molecule has 0 bridgehead atoms. The van der Waals surface area contributed by atoms with Gasteiger partial charge in [-0.25, -0.2) is 17.9 Å². The van der Waals surface area contributed by atoms with E-state index in [0.29, 0.717) is 0 Å². The molecule has 0 radical (unpaired) electrons. The molecule has 2 aromatic rings. The number of rotatable bonds is 6. The molecule has 0 heterocycles. The summed E-state index contributed by atoms with van der Waals surface area (Å²) in [6.45, 7) is 0.123. The summed E-state index contributed by atoms with van der Waals surface area (Å²) in [7, 11) is -2.49. The largest absolute Gasteiger partial charge is 0.496 e. The molecule has 0 aliphatic carbocycles. The third kappa shape index (κ3) is 3.63. The third-order valence-electron chi connectivity index (χ3n) is 3.02. The van der Waals surface area contributed by atoms with Crippen molar-refractivity contribution < 1.29 is 23.1 Å². The Balaban J connectivity index is 2.26. The topological polar surface area (TPSA) is 92.7 Å². The van der Waals surface area contributed by atoms with Crippen LogP contribution >= 0.6 is 0 Å². The number of sulfonamides is 1. The van der Waals surface area contributed by atoms with E-state index in [0.717, 1.165) is 11.6 Å². The molecule has 2 aromatic carbocycles. The fourth-order valence-electron chi connectivity index (χ4n) is 1.88. The van der Waals surface area contributed by atoms with E-state index >= 15 is 0 Å². The fourth-order valence-corrected chi connectivity index (χ4v) is 2.92. The summed E-state index contributed by atoms with van der Waals surface area (Å²) >= 11 is 0. The van der Waals surface area contributed by atoms with E-state index in [2.05, 4.69) is 4.72 Å². The van der Waals surface area contributed by atoms with E-state index in [1.807, 2.05) is 6.07 Å². The Hall–Kier alpha value is -2.38. The van der Waals surface area contributed by atoms with E-state index in [1.165, 1.54) is 19.2 Å². The van der Waals surface area contributed by atoms with Crippen molar-refractivity contribution in [2.75, 3.05) is 7.11 Å². The van der Waals surface area contributed by atoms with Gasteiger partial charge in [0.05, 0.1) is 12.0 Å². The second-order valence-electron chi connectivity index (χ2n) is 4.48. The van der Waals surface area contributed by atoms with Crippen LogP contribution in [0, 0.1) is 0 Å². The first-order chi connectivity index (χ1) is 10.4. The van der Waals surface area contributed by atoms with E-state index < -0.39 is 16.0 Å². The Labute approximate surface area is 128 Å². The highest BCUT2D eigenvalue weighted by Crippen LogP contribution is 2.22. The Morgan fingerprint density at radius 1 is 1.18 bits per heavy atom. The van der Waals surface area contributed by atoms with Gasteiger partial charge in [0.1, 0.15) is 11.3 Å². The van der Waals surface area contributed by atoms with Gasteiger partial charge in [-0.3, -0.25) is 0 Å². The van der Waals surface area contributed by atoms with Crippen LogP contribution < -0.4 is 9.46 Å². The number of hydrogen-bond donors (Lipinski definition) is 2. The highest BCUT2D eigenvalue weighted by Gasteiger charge is 2.19. The maximum Gasteiger partial charge on any atom is 0.339 e. The maximum atomic E-state index is 12.2. The highest BCUT2D eigenvalue weighted by molar-refractivity contribution is 7.89. The van der Waals surface area contributed by atoms with E-state index in [4.69, 9.17) is 9.84 Å². The molecule has 0 fully saturated rings. The lowest BCUT2D eigenvalue weighted by Gasteiger charge is -2.10. The number of carboxylic acids is 1. The molecule has 7 heteroatoms. The van der Waals surface area contributed by atoms with E-state index in [9.17, 15) is 13.2 Å². The minimum absolute atomic E-state index is 0.106.